The summed E-state index contributed by atoms with van der Waals surface area (Å²) in [6.07, 6.45) is 6.71. The van der Waals surface area contributed by atoms with Gasteiger partial charge >= 0.3 is 0 Å². The average molecular weight is 358 g/mol. The smallest absolute Gasteiger partial charge is 0.251 e. The van der Waals surface area contributed by atoms with Crippen molar-refractivity contribution in [3.63, 3.8) is 0 Å². The number of rotatable bonds is 10. The third-order valence-electron chi connectivity index (χ3n) is 3.97. The second-order valence-corrected chi connectivity index (χ2v) is 6.00. The van der Waals surface area contributed by atoms with Gasteiger partial charge in [0.2, 0.25) is 0 Å². The molecule has 1 aromatic carbocycles. The van der Waals surface area contributed by atoms with Crippen molar-refractivity contribution >= 4 is 5.91 Å². The maximum atomic E-state index is 12.4. The fourth-order valence-corrected chi connectivity index (χ4v) is 2.54. The number of nitrogens with one attached hydrogen (secondary N) is 1. The molecule has 6 heteroatoms. The quantitative estimate of drug-likeness (QED) is 0.403. The molecule has 1 heterocycles. The van der Waals surface area contributed by atoms with Crippen molar-refractivity contribution in [2.75, 3.05) is 20.3 Å². The van der Waals surface area contributed by atoms with Crippen LogP contribution in [0, 0.1) is 5.21 Å². The van der Waals surface area contributed by atoms with Gasteiger partial charge in [0, 0.05) is 23.7 Å². The first kappa shape index (κ1) is 19.6. The highest BCUT2D eigenvalue weighted by Crippen LogP contribution is 2.28. The summed E-state index contributed by atoms with van der Waals surface area (Å²) in [5, 5.41) is 14.1. The third kappa shape index (κ3) is 5.95. The number of nitrogens with zero attached hydrogens (tertiary/aromatic N) is 1. The van der Waals surface area contributed by atoms with Gasteiger partial charge in [-0.15, -0.1) is 0 Å². The molecule has 2 aromatic rings. The number of hydrogen-bond donors (Lipinski definition) is 1. The molecule has 1 amide bonds. The number of unbranched alkanes of at least 4 members (excludes halogenated alkanes) is 2. The van der Waals surface area contributed by atoms with Gasteiger partial charge in [-0.1, -0.05) is 19.8 Å². The Hall–Kier alpha value is -2.76. The normalized spacial score (nSPS) is 10.4. The van der Waals surface area contributed by atoms with Gasteiger partial charge in [0.15, 0.2) is 23.9 Å². The van der Waals surface area contributed by atoms with Crippen molar-refractivity contribution in [2.24, 2.45) is 0 Å². The summed E-state index contributed by atoms with van der Waals surface area (Å²) in [7, 11) is 1.58. The molecule has 1 N–H and O–H groups in total. The van der Waals surface area contributed by atoms with E-state index in [0.717, 1.165) is 29.6 Å². The fourth-order valence-electron chi connectivity index (χ4n) is 2.54. The number of carbonyl (C=O) groups is 1. The molecule has 26 heavy (non-hydrogen) atoms. The van der Waals surface area contributed by atoms with Gasteiger partial charge in [0.1, 0.15) is 0 Å². The summed E-state index contributed by atoms with van der Waals surface area (Å²) in [6, 6.07) is 8.70. The molecular weight excluding hydrogens is 332 g/mol. The lowest BCUT2D eigenvalue weighted by Crippen LogP contribution is -2.28. The molecule has 6 nitrogen and oxygen atoms in total. The van der Waals surface area contributed by atoms with Crippen LogP contribution < -0.4 is 19.5 Å². The number of benzene rings is 1. The van der Waals surface area contributed by atoms with Gasteiger partial charge in [-0.05, 0) is 37.1 Å². The Labute approximate surface area is 154 Å². The van der Waals surface area contributed by atoms with E-state index in [-0.39, 0.29) is 5.91 Å². The van der Waals surface area contributed by atoms with Crippen molar-refractivity contribution in [3.05, 3.63) is 59.1 Å². The maximum Gasteiger partial charge on any atom is 0.251 e. The van der Waals surface area contributed by atoms with E-state index in [1.165, 1.54) is 12.4 Å². The van der Waals surface area contributed by atoms with Gasteiger partial charge < -0.3 is 20.0 Å². The van der Waals surface area contributed by atoms with Crippen LogP contribution in [0.4, 0.5) is 0 Å². The fraction of sp³-hybridized carbons (Fsp3) is 0.400. The van der Waals surface area contributed by atoms with Crippen molar-refractivity contribution in [3.8, 4) is 11.5 Å². The zero-order valence-corrected chi connectivity index (χ0v) is 15.4. The molecule has 0 radical (unpaired) electrons. The molecule has 0 aliphatic carbocycles. The zero-order valence-electron chi connectivity index (χ0n) is 15.4. The van der Waals surface area contributed by atoms with E-state index in [4.69, 9.17) is 9.47 Å². The SMILES string of the molecule is CCCCCOc1cc(C(=O)NCCc2ccc[n+]([O-])c2)ccc1OC. The zero-order chi connectivity index (χ0) is 18.8. The molecule has 0 aliphatic rings. The predicted molar refractivity (Wildman–Crippen MR) is 99.5 cm³/mol. The summed E-state index contributed by atoms with van der Waals surface area (Å²) in [5.41, 5.74) is 1.39. The van der Waals surface area contributed by atoms with Crippen LogP contribution in [-0.4, -0.2) is 26.2 Å². The van der Waals surface area contributed by atoms with E-state index in [0.29, 0.717) is 36.6 Å². The number of amides is 1. The number of methoxy groups -OCH3 is 1. The Morgan fingerprint density at radius 1 is 1.23 bits per heavy atom. The lowest BCUT2D eigenvalue weighted by Gasteiger charge is -2.12. The Bertz CT molecular complexity index is 719. The van der Waals surface area contributed by atoms with Crippen molar-refractivity contribution in [1.82, 2.24) is 5.32 Å². The van der Waals surface area contributed by atoms with E-state index in [9.17, 15) is 10.0 Å². The second kappa shape index (κ2) is 10.3. The minimum Gasteiger partial charge on any atom is -0.619 e. The molecule has 0 bridgehead atoms. The lowest BCUT2D eigenvalue weighted by molar-refractivity contribution is -0.605. The Morgan fingerprint density at radius 2 is 2.08 bits per heavy atom. The summed E-state index contributed by atoms with van der Waals surface area (Å²) < 4.78 is 11.8. The van der Waals surface area contributed by atoms with Crippen LogP contribution in [0.2, 0.25) is 0 Å². The number of aromatic nitrogens is 1. The van der Waals surface area contributed by atoms with E-state index < -0.39 is 0 Å². The van der Waals surface area contributed by atoms with E-state index in [2.05, 4.69) is 12.2 Å². The highest BCUT2D eigenvalue weighted by Gasteiger charge is 2.11. The summed E-state index contributed by atoms with van der Waals surface area (Å²) in [5.74, 6) is 1.01. The van der Waals surface area contributed by atoms with Crippen LogP contribution >= 0.6 is 0 Å². The monoisotopic (exact) mass is 358 g/mol. The van der Waals surface area contributed by atoms with Crippen LogP contribution in [0.5, 0.6) is 11.5 Å². The van der Waals surface area contributed by atoms with Crippen molar-refractivity contribution in [1.29, 1.82) is 0 Å². The Balaban J connectivity index is 1.92. The largest absolute Gasteiger partial charge is 0.619 e. The summed E-state index contributed by atoms with van der Waals surface area (Å²) in [6.45, 7) is 3.18. The van der Waals surface area contributed by atoms with Crippen LogP contribution in [-0.2, 0) is 6.42 Å². The molecule has 1 aromatic heterocycles. The molecule has 0 unspecified atom stereocenters. The van der Waals surface area contributed by atoms with E-state index in [1.54, 1.807) is 31.4 Å². The molecule has 0 aliphatic heterocycles. The standard InChI is InChI=1S/C20H26N2O4/c1-3-4-5-13-26-19-14-17(8-9-18(19)25-2)20(23)21-11-10-16-7-6-12-22(24)15-16/h6-9,12,14-15H,3-5,10-11,13H2,1-2H3,(H,21,23). The number of carbonyl (C=O) groups excluding carboxylic acids is 1. The summed E-state index contributed by atoms with van der Waals surface area (Å²) in [4.78, 5) is 12.4. The first-order chi connectivity index (χ1) is 12.6. The van der Waals surface area contributed by atoms with Gasteiger partial charge in [0.05, 0.1) is 13.7 Å². The van der Waals surface area contributed by atoms with Crippen LogP contribution in [0.25, 0.3) is 0 Å². The minimum atomic E-state index is -0.183. The highest BCUT2D eigenvalue weighted by atomic mass is 16.5. The van der Waals surface area contributed by atoms with E-state index >= 15 is 0 Å². The number of ether oxygens (including phenoxy) is 2. The van der Waals surface area contributed by atoms with Gasteiger partial charge in [-0.25, -0.2) is 0 Å². The third-order valence-corrected chi connectivity index (χ3v) is 3.97. The molecule has 0 saturated carbocycles. The topological polar surface area (TPSA) is 74.5 Å². The van der Waals surface area contributed by atoms with Crippen LogP contribution in [0.3, 0.4) is 0 Å². The molecule has 140 valence electrons. The first-order valence-electron chi connectivity index (χ1n) is 8.90. The van der Waals surface area contributed by atoms with Gasteiger partial charge in [0.25, 0.3) is 5.91 Å². The lowest BCUT2D eigenvalue weighted by atomic mass is 10.1. The Kier molecular flexibility index (Phi) is 7.74. The maximum absolute atomic E-state index is 12.4. The second-order valence-electron chi connectivity index (χ2n) is 6.00. The molecule has 0 saturated heterocycles. The average Bonchev–Trinajstić information content (AvgIpc) is 2.65. The molecule has 0 fully saturated rings. The molecule has 0 spiro atoms. The minimum absolute atomic E-state index is 0.183. The number of pyridine rings is 1. The first-order valence-corrected chi connectivity index (χ1v) is 8.90. The predicted octanol–water partition coefficient (Wildman–Crippen LogP) is 2.87. The molecule has 2 rings (SSSR count). The Morgan fingerprint density at radius 3 is 2.81 bits per heavy atom. The molecular formula is C20H26N2O4. The van der Waals surface area contributed by atoms with Crippen molar-refractivity contribution < 1.29 is 19.0 Å². The van der Waals surface area contributed by atoms with Crippen LogP contribution in [0.15, 0.2) is 42.7 Å². The van der Waals surface area contributed by atoms with Gasteiger partial charge in [-0.3, -0.25) is 4.79 Å². The number of hydrogen-bond acceptors (Lipinski definition) is 4. The van der Waals surface area contributed by atoms with E-state index in [1.807, 2.05) is 6.07 Å². The van der Waals surface area contributed by atoms with Gasteiger partial charge in [-0.2, -0.15) is 4.73 Å². The van der Waals surface area contributed by atoms with Crippen molar-refractivity contribution in [2.45, 2.75) is 32.6 Å². The highest BCUT2D eigenvalue weighted by molar-refractivity contribution is 5.94. The summed E-state index contributed by atoms with van der Waals surface area (Å²) >= 11 is 0. The molecule has 0 atom stereocenters. The van der Waals surface area contributed by atoms with Crippen LogP contribution in [0.1, 0.15) is 42.1 Å².